The molecule has 0 N–H and O–H groups in total. The van der Waals surface area contributed by atoms with Crippen LogP contribution in [0.25, 0.3) is 0 Å². The lowest BCUT2D eigenvalue weighted by molar-refractivity contribution is -0.118. The molecule has 0 spiro atoms. The Kier molecular flexibility index (Phi) is 6.87. The van der Waals surface area contributed by atoms with Gasteiger partial charge in [0.15, 0.2) is 0 Å². The Morgan fingerprint density at radius 1 is 1.31 bits per heavy atom. The molecule has 1 aliphatic carbocycles. The Labute approximate surface area is 99.6 Å². The number of carbonyl (C=O) groups is 1. The molecule has 0 aromatic heterocycles. The Balaban J connectivity index is 2.06. The van der Waals surface area contributed by atoms with Crippen molar-refractivity contribution in [3.8, 4) is 0 Å². The van der Waals surface area contributed by atoms with Gasteiger partial charge in [0.1, 0.15) is 5.78 Å². The SMILES string of the molecule is C=CCCCCCC(=O)CC1=CCCCC1. The van der Waals surface area contributed by atoms with E-state index >= 15 is 0 Å². The van der Waals surface area contributed by atoms with E-state index in [1.54, 1.807) is 0 Å². The molecule has 90 valence electrons. The lowest BCUT2D eigenvalue weighted by atomic mass is 9.94. The minimum absolute atomic E-state index is 0.437. The molecule has 0 bridgehead atoms. The van der Waals surface area contributed by atoms with Crippen LogP contribution in [0.3, 0.4) is 0 Å². The van der Waals surface area contributed by atoms with Gasteiger partial charge in [-0.3, -0.25) is 4.79 Å². The lowest BCUT2D eigenvalue weighted by Gasteiger charge is -2.11. The number of unbranched alkanes of at least 4 members (excludes halogenated alkanes) is 3. The molecule has 0 atom stereocenters. The molecule has 0 heterocycles. The smallest absolute Gasteiger partial charge is 0.136 e. The van der Waals surface area contributed by atoms with Crippen LogP contribution in [0.5, 0.6) is 0 Å². The number of ketones is 1. The van der Waals surface area contributed by atoms with Gasteiger partial charge in [0, 0.05) is 12.8 Å². The summed E-state index contributed by atoms with van der Waals surface area (Å²) in [6, 6.07) is 0. The average molecular weight is 220 g/mol. The summed E-state index contributed by atoms with van der Waals surface area (Å²) >= 11 is 0. The third kappa shape index (κ3) is 5.89. The highest BCUT2D eigenvalue weighted by atomic mass is 16.1. The normalized spacial score (nSPS) is 15.6. The highest BCUT2D eigenvalue weighted by molar-refractivity contribution is 5.80. The van der Waals surface area contributed by atoms with Crippen LogP contribution in [-0.2, 0) is 4.79 Å². The second-order valence-electron chi connectivity index (χ2n) is 4.71. The van der Waals surface area contributed by atoms with E-state index in [1.807, 2.05) is 6.08 Å². The first-order valence-corrected chi connectivity index (χ1v) is 6.63. The van der Waals surface area contributed by atoms with Gasteiger partial charge in [-0.05, 0) is 44.9 Å². The van der Waals surface area contributed by atoms with Gasteiger partial charge in [-0.1, -0.05) is 24.1 Å². The van der Waals surface area contributed by atoms with Gasteiger partial charge in [0.25, 0.3) is 0 Å². The van der Waals surface area contributed by atoms with Crippen LogP contribution in [0.1, 0.15) is 64.2 Å². The van der Waals surface area contributed by atoms with Crippen molar-refractivity contribution >= 4 is 5.78 Å². The number of hydrogen-bond donors (Lipinski definition) is 0. The number of hydrogen-bond acceptors (Lipinski definition) is 1. The average Bonchev–Trinajstić information content (AvgIpc) is 2.30. The van der Waals surface area contributed by atoms with Crippen LogP contribution < -0.4 is 0 Å². The van der Waals surface area contributed by atoms with E-state index in [0.717, 1.165) is 38.5 Å². The first-order valence-electron chi connectivity index (χ1n) is 6.63. The van der Waals surface area contributed by atoms with Gasteiger partial charge in [-0.15, -0.1) is 6.58 Å². The van der Waals surface area contributed by atoms with E-state index < -0.39 is 0 Å². The minimum atomic E-state index is 0.437. The monoisotopic (exact) mass is 220 g/mol. The maximum atomic E-state index is 11.7. The summed E-state index contributed by atoms with van der Waals surface area (Å²) in [5, 5.41) is 0. The van der Waals surface area contributed by atoms with Crippen molar-refractivity contribution < 1.29 is 4.79 Å². The summed E-state index contributed by atoms with van der Waals surface area (Å²) in [7, 11) is 0. The third-order valence-electron chi connectivity index (χ3n) is 3.17. The zero-order valence-corrected chi connectivity index (χ0v) is 10.3. The molecule has 0 saturated carbocycles. The van der Waals surface area contributed by atoms with E-state index in [1.165, 1.54) is 31.3 Å². The Bertz CT molecular complexity index is 250. The number of Topliss-reactive ketones (excluding diaryl/α,β-unsaturated/α-hetero) is 1. The first kappa shape index (κ1) is 13.2. The highest BCUT2D eigenvalue weighted by Crippen LogP contribution is 2.21. The summed E-state index contributed by atoms with van der Waals surface area (Å²) in [4.78, 5) is 11.7. The Morgan fingerprint density at radius 2 is 2.19 bits per heavy atom. The topological polar surface area (TPSA) is 17.1 Å². The maximum absolute atomic E-state index is 11.7. The molecule has 0 aliphatic heterocycles. The molecule has 16 heavy (non-hydrogen) atoms. The van der Waals surface area contributed by atoms with Crippen LogP contribution in [0.4, 0.5) is 0 Å². The Morgan fingerprint density at radius 3 is 2.88 bits per heavy atom. The van der Waals surface area contributed by atoms with Gasteiger partial charge in [-0.25, -0.2) is 0 Å². The van der Waals surface area contributed by atoms with E-state index in [-0.39, 0.29) is 0 Å². The molecule has 0 fully saturated rings. The van der Waals surface area contributed by atoms with Crippen molar-refractivity contribution in [1.29, 1.82) is 0 Å². The largest absolute Gasteiger partial charge is 0.299 e. The molecule has 1 nitrogen and oxygen atoms in total. The molecule has 0 radical (unpaired) electrons. The van der Waals surface area contributed by atoms with E-state index in [4.69, 9.17) is 0 Å². The van der Waals surface area contributed by atoms with Gasteiger partial charge >= 0.3 is 0 Å². The van der Waals surface area contributed by atoms with Gasteiger partial charge in [0.05, 0.1) is 0 Å². The summed E-state index contributed by atoms with van der Waals surface area (Å²) in [5.41, 5.74) is 1.39. The van der Waals surface area contributed by atoms with Crippen molar-refractivity contribution in [3.05, 3.63) is 24.3 Å². The molecule has 0 aromatic carbocycles. The second-order valence-corrected chi connectivity index (χ2v) is 4.71. The Hall–Kier alpha value is -0.850. The number of rotatable bonds is 8. The van der Waals surface area contributed by atoms with Crippen LogP contribution in [0, 0.1) is 0 Å². The van der Waals surface area contributed by atoms with Crippen LogP contribution >= 0.6 is 0 Å². The standard InChI is InChI=1S/C15H24O/c1-2-3-4-5-9-12-15(16)13-14-10-7-6-8-11-14/h2,10H,1,3-9,11-13H2. The van der Waals surface area contributed by atoms with Crippen molar-refractivity contribution in [2.75, 3.05) is 0 Å². The van der Waals surface area contributed by atoms with E-state index in [2.05, 4.69) is 12.7 Å². The molecule has 1 rings (SSSR count). The van der Waals surface area contributed by atoms with Crippen molar-refractivity contribution in [2.45, 2.75) is 64.2 Å². The molecule has 0 unspecified atom stereocenters. The number of carbonyl (C=O) groups excluding carboxylic acids is 1. The molecule has 0 amide bonds. The summed E-state index contributed by atoms with van der Waals surface area (Å²) in [6.07, 6.45) is 15.1. The van der Waals surface area contributed by atoms with Crippen molar-refractivity contribution in [3.63, 3.8) is 0 Å². The fourth-order valence-corrected chi connectivity index (χ4v) is 2.19. The third-order valence-corrected chi connectivity index (χ3v) is 3.17. The van der Waals surface area contributed by atoms with Crippen LogP contribution in [-0.4, -0.2) is 5.78 Å². The first-order chi connectivity index (χ1) is 7.83. The van der Waals surface area contributed by atoms with Gasteiger partial charge in [0.2, 0.25) is 0 Å². The van der Waals surface area contributed by atoms with Gasteiger partial charge in [-0.2, -0.15) is 0 Å². The zero-order valence-electron chi connectivity index (χ0n) is 10.3. The molecule has 0 saturated heterocycles. The van der Waals surface area contributed by atoms with Gasteiger partial charge < -0.3 is 0 Å². The zero-order chi connectivity index (χ0) is 11.6. The fourth-order valence-electron chi connectivity index (χ4n) is 2.19. The quantitative estimate of drug-likeness (QED) is 0.432. The second kappa shape index (κ2) is 8.32. The lowest BCUT2D eigenvalue weighted by Crippen LogP contribution is -2.02. The summed E-state index contributed by atoms with van der Waals surface area (Å²) < 4.78 is 0. The molecule has 0 aromatic rings. The predicted molar refractivity (Wildman–Crippen MR) is 69.5 cm³/mol. The summed E-state index contributed by atoms with van der Waals surface area (Å²) in [5.74, 6) is 0.437. The summed E-state index contributed by atoms with van der Waals surface area (Å²) in [6.45, 7) is 3.70. The molecule has 1 heteroatoms. The van der Waals surface area contributed by atoms with E-state index in [0.29, 0.717) is 5.78 Å². The fraction of sp³-hybridized carbons (Fsp3) is 0.667. The number of allylic oxidation sites excluding steroid dienone is 3. The molecular formula is C15H24O. The van der Waals surface area contributed by atoms with E-state index in [9.17, 15) is 4.79 Å². The highest BCUT2D eigenvalue weighted by Gasteiger charge is 2.08. The van der Waals surface area contributed by atoms with Crippen molar-refractivity contribution in [2.24, 2.45) is 0 Å². The molecule has 1 aliphatic rings. The molecular weight excluding hydrogens is 196 g/mol. The maximum Gasteiger partial charge on any atom is 0.136 e. The minimum Gasteiger partial charge on any atom is -0.299 e. The van der Waals surface area contributed by atoms with Crippen molar-refractivity contribution in [1.82, 2.24) is 0 Å². The predicted octanol–water partition coefficient (Wildman–Crippen LogP) is 4.58. The van der Waals surface area contributed by atoms with Crippen LogP contribution in [0.15, 0.2) is 24.3 Å². The van der Waals surface area contributed by atoms with Crippen LogP contribution in [0.2, 0.25) is 0 Å².